The van der Waals surface area contributed by atoms with E-state index >= 15 is 0 Å². The summed E-state index contributed by atoms with van der Waals surface area (Å²) in [4.78, 5) is 11.8. The van der Waals surface area contributed by atoms with E-state index in [1.807, 2.05) is 0 Å². The standard InChI is InChI=1S/C14H15ClN2O3S/c1-9-13(10(2)20-17-9)7-21(19)8-14(18)16-12-5-3-11(15)4-6-12/h3-6H,7-8H2,1-2H3,(H,16,18)/t21-/m1/s1. The quantitative estimate of drug-likeness (QED) is 0.917. The number of anilines is 1. The summed E-state index contributed by atoms with van der Waals surface area (Å²) in [5, 5.41) is 7.07. The highest BCUT2D eigenvalue weighted by atomic mass is 35.5. The number of benzene rings is 1. The number of aromatic nitrogens is 1. The summed E-state index contributed by atoms with van der Waals surface area (Å²) in [5.41, 5.74) is 2.13. The summed E-state index contributed by atoms with van der Waals surface area (Å²) in [7, 11) is -1.32. The van der Waals surface area contributed by atoms with Gasteiger partial charge >= 0.3 is 0 Å². The zero-order valence-corrected chi connectivity index (χ0v) is 13.3. The van der Waals surface area contributed by atoms with Gasteiger partial charge < -0.3 is 9.84 Å². The molecule has 1 amide bonds. The minimum atomic E-state index is -1.32. The van der Waals surface area contributed by atoms with Crippen molar-refractivity contribution in [3.63, 3.8) is 0 Å². The monoisotopic (exact) mass is 326 g/mol. The molecule has 21 heavy (non-hydrogen) atoms. The summed E-state index contributed by atoms with van der Waals surface area (Å²) in [6.45, 7) is 3.55. The number of rotatable bonds is 5. The second kappa shape index (κ2) is 6.87. The molecule has 7 heteroatoms. The number of halogens is 1. The first-order valence-electron chi connectivity index (χ1n) is 6.28. The highest BCUT2D eigenvalue weighted by molar-refractivity contribution is 7.85. The Morgan fingerprint density at radius 1 is 1.33 bits per heavy atom. The highest BCUT2D eigenvalue weighted by Gasteiger charge is 2.15. The van der Waals surface area contributed by atoms with Gasteiger partial charge in [-0.25, -0.2) is 0 Å². The molecule has 2 aromatic rings. The number of nitrogens with zero attached hydrogens (tertiary/aromatic N) is 1. The zero-order chi connectivity index (χ0) is 15.4. The Bertz CT molecular complexity index is 648. The molecule has 0 fully saturated rings. The van der Waals surface area contributed by atoms with Gasteiger partial charge in [-0.2, -0.15) is 0 Å². The summed E-state index contributed by atoms with van der Waals surface area (Å²) >= 11 is 5.77. The number of hydrogen-bond donors (Lipinski definition) is 1. The molecule has 0 aliphatic heterocycles. The molecule has 0 saturated carbocycles. The molecule has 1 N–H and O–H groups in total. The molecule has 5 nitrogen and oxygen atoms in total. The lowest BCUT2D eigenvalue weighted by molar-refractivity contribution is -0.113. The SMILES string of the molecule is Cc1noc(C)c1C[S@@](=O)CC(=O)Nc1ccc(Cl)cc1. The molecule has 1 aromatic carbocycles. The first kappa shape index (κ1) is 15.7. The van der Waals surface area contributed by atoms with Crippen molar-refractivity contribution >= 4 is 34.0 Å². The Labute approximate surface area is 130 Å². The summed E-state index contributed by atoms with van der Waals surface area (Å²) in [6.07, 6.45) is 0. The van der Waals surface area contributed by atoms with E-state index in [4.69, 9.17) is 16.1 Å². The van der Waals surface area contributed by atoms with E-state index in [0.717, 1.165) is 5.56 Å². The fraction of sp³-hybridized carbons (Fsp3) is 0.286. The van der Waals surface area contributed by atoms with Crippen LogP contribution in [0.5, 0.6) is 0 Å². The molecule has 1 aromatic heterocycles. The molecule has 0 spiro atoms. The fourth-order valence-corrected chi connectivity index (χ4v) is 3.12. The fourth-order valence-electron chi connectivity index (χ4n) is 1.80. The second-order valence-corrected chi connectivity index (χ2v) is 6.48. The number of carbonyl (C=O) groups is 1. The van der Waals surface area contributed by atoms with Crippen molar-refractivity contribution in [2.45, 2.75) is 19.6 Å². The van der Waals surface area contributed by atoms with Crippen molar-refractivity contribution in [3.05, 3.63) is 46.3 Å². The molecule has 1 heterocycles. The van der Waals surface area contributed by atoms with Gasteiger partial charge in [0.15, 0.2) is 0 Å². The van der Waals surface area contributed by atoms with Gasteiger partial charge in [0.25, 0.3) is 0 Å². The maximum Gasteiger partial charge on any atom is 0.237 e. The molecular formula is C14H15ClN2O3S. The molecule has 1 atom stereocenters. The lowest BCUT2D eigenvalue weighted by atomic mass is 10.2. The van der Waals surface area contributed by atoms with Crippen LogP contribution in [0.3, 0.4) is 0 Å². The molecule has 112 valence electrons. The van der Waals surface area contributed by atoms with Crippen molar-refractivity contribution < 1.29 is 13.5 Å². The second-order valence-electron chi connectivity index (χ2n) is 4.59. The van der Waals surface area contributed by atoms with Gasteiger partial charge in [-0.05, 0) is 38.1 Å². The average Bonchev–Trinajstić information content (AvgIpc) is 2.73. The van der Waals surface area contributed by atoms with Gasteiger partial charge in [-0.3, -0.25) is 9.00 Å². The molecule has 0 aliphatic carbocycles. The van der Waals surface area contributed by atoms with Crippen LogP contribution in [0, 0.1) is 13.8 Å². The number of hydrogen-bond acceptors (Lipinski definition) is 4. The Kier molecular flexibility index (Phi) is 5.14. The number of carbonyl (C=O) groups excluding carboxylic acids is 1. The summed E-state index contributed by atoms with van der Waals surface area (Å²) in [5.74, 6) is 0.517. The molecule has 0 bridgehead atoms. The van der Waals surface area contributed by atoms with Gasteiger partial charge in [0.05, 0.1) is 11.4 Å². The Hall–Kier alpha value is -1.66. The van der Waals surface area contributed by atoms with Gasteiger partial charge in [-0.15, -0.1) is 0 Å². The van der Waals surface area contributed by atoms with E-state index < -0.39 is 10.8 Å². The molecule has 0 radical (unpaired) electrons. The maximum atomic E-state index is 12.0. The van der Waals surface area contributed by atoms with E-state index in [1.165, 1.54) is 0 Å². The molecule has 2 rings (SSSR count). The normalized spacial score (nSPS) is 12.1. The number of aryl methyl sites for hydroxylation is 2. The third-order valence-corrected chi connectivity index (χ3v) is 4.35. The predicted molar refractivity (Wildman–Crippen MR) is 82.8 cm³/mol. The van der Waals surface area contributed by atoms with Crippen LogP contribution in [-0.4, -0.2) is 21.0 Å². The first-order chi connectivity index (χ1) is 9.95. The highest BCUT2D eigenvalue weighted by Crippen LogP contribution is 2.15. The van der Waals surface area contributed by atoms with Gasteiger partial charge in [0.2, 0.25) is 5.91 Å². The van der Waals surface area contributed by atoms with Gasteiger partial charge in [-0.1, -0.05) is 16.8 Å². The van der Waals surface area contributed by atoms with E-state index in [0.29, 0.717) is 22.2 Å². The average molecular weight is 327 g/mol. The van der Waals surface area contributed by atoms with Crippen LogP contribution in [-0.2, 0) is 21.3 Å². The van der Waals surface area contributed by atoms with Crippen LogP contribution >= 0.6 is 11.6 Å². The lowest BCUT2D eigenvalue weighted by Gasteiger charge is -2.05. The Morgan fingerprint density at radius 2 is 2.00 bits per heavy atom. The van der Waals surface area contributed by atoms with Crippen molar-refractivity contribution in [1.29, 1.82) is 0 Å². The topological polar surface area (TPSA) is 72.2 Å². The number of amides is 1. The molecule has 0 saturated heterocycles. The minimum Gasteiger partial charge on any atom is -0.361 e. The van der Waals surface area contributed by atoms with Crippen molar-refractivity contribution in [1.82, 2.24) is 5.16 Å². The van der Waals surface area contributed by atoms with Gasteiger partial charge in [0.1, 0.15) is 11.5 Å². The zero-order valence-electron chi connectivity index (χ0n) is 11.7. The van der Waals surface area contributed by atoms with E-state index in [-0.39, 0.29) is 17.4 Å². The molecular weight excluding hydrogens is 312 g/mol. The van der Waals surface area contributed by atoms with Crippen LogP contribution in [0.25, 0.3) is 0 Å². The predicted octanol–water partition coefficient (Wildman–Crippen LogP) is 2.83. The molecule has 0 unspecified atom stereocenters. The Morgan fingerprint density at radius 3 is 2.57 bits per heavy atom. The maximum absolute atomic E-state index is 12.0. The van der Waals surface area contributed by atoms with Crippen LogP contribution in [0.4, 0.5) is 5.69 Å². The largest absolute Gasteiger partial charge is 0.361 e. The van der Waals surface area contributed by atoms with Crippen molar-refractivity contribution in [2.24, 2.45) is 0 Å². The van der Waals surface area contributed by atoms with E-state index in [9.17, 15) is 9.00 Å². The first-order valence-corrected chi connectivity index (χ1v) is 8.14. The van der Waals surface area contributed by atoms with Crippen LogP contribution in [0.15, 0.2) is 28.8 Å². The van der Waals surface area contributed by atoms with Crippen LogP contribution < -0.4 is 5.32 Å². The summed E-state index contributed by atoms with van der Waals surface area (Å²) < 4.78 is 17.0. The minimum absolute atomic E-state index is 0.0767. The molecule has 0 aliphatic rings. The van der Waals surface area contributed by atoms with Crippen molar-refractivity contribution in [3.8, 4) is 0 Å². The third-order valence-electron chi connectivity index (χ3n) is 2.91. The van der Waals surface area contributed by atoms with Crippen LogP contribution in [0.1, 0.15) is 17.0 Å². The summed E-state index contributed by atoms with van der Waals surface area (Å²) in [6, 6.07) is 6.74. The Balaban J connectivity index is 1.90. The van der Waals surface area contributed by atoms with Gasteiger partial charge in [0, 0.05) is 27.1 Å². The van der Waals surface area contributed by atoms with Crippen LogP contribution in [0.2, 0.25) is 5.02 Å². The smallest absolute Gasteiger partial charge is 0.237 e. The third kappa shape index (κ3) is 4.41. The lowest BCUT2D eigenvalue weighted by Crippen LogP contribution is -2.20. The number of nitrogens with one attached hydrogen (secondary N) is 1. The van der Waals surface area contributed by atoms with E-state index in [1.54, 1.807) is 38.1 Å². The van der Waals surface area contributed by atoms with Crippen molar-refractivity contribution in [2.75, 3.05) is 11.1 Å². The van der Waals surface area contributed by atoms with E-state index in [2.05, 4.69) is 10.5 Å².